The van der Waals surface area contributed by atoms with Crippen molar-refractivity contribution in [1.29, 1.82) is 0 Å². The van der Waals surface area contributed by atoms with E-state index in [1.54, 1.807) is 0 Å². The molecule has 0 bridgehead atoms. The molecule has 0 fully saturated rings. The average molecular weight is 153 g/mol. The Labute approximate surface area is 80.9 Å². The van der Waals surface area contributed by atoms with Crippen molar-refractivity contribution in [3.63, 3.8) is 0 Å². The number of hydroxylamine groups is 1. The van der Waals surface area contributed by atoms with Crippen molar-refractivity contribution in [1.82, 2.24) is 5.48 Å². The Balaban J connectivity index is 0. The van der Waals surface area contributed by atoms with Gasteiger partial charge in [-0.1, -0.05) is 6.58 Å². The van der Waals surface area contributed by atoms with Crippen LogP contribution in [0, 0.1) is 0 Å². The van der Waals surface area contributed by atoms with E-state index in [0.717, 1.165) is 6.08 Å². The van der Waals surface area contributed by atoms with Crippen LogP contribution in [-0.4, -0.2) is 41.4 Å². The van der Waals surface area contributed by atoms with E-state index in [0.29, 0.717) is 0 Å². The maximum absolute atomic E-state index is 10.2. The van der Waals surface area contributed by atoms with Gasteiger partial charge >= 0.3 is 35.5 Å². The summed E-state index contributed by atoms with van der Waals surface area (Å²) in [6.45, 7) is 4.32. The molecule has 52 valence electrons. The summed E-state index contributed by atoms with van der Waals surface area (Å²) in [5, 5.41) is 0. The van der Waals surface area contributed by atoms with E-state index < -0.39 is 11.9 Å². The Morgan fingerprint density at radius 1 is 1.60 bits per heavy atom. The maximum atomic E-state index is 10.2. The van der Waals surface area contributed by atoms with Gasteiger partial charge in [-0.3, -0.25) is 9.59 Å². The molecule has 0 aromatic heterocycles. The summed E-state index contributed by atoms with van der Waals surface area (Å²) in [6.07, 6.45) is 1.00. The summed E-state index contributed by atoms with van der Waals surface area (Å²) < 4.78 is 0. The van der Waals surface area contributed by atoms with Crippen molar-refractivity contribution in [3.8, 4) is 0 Å². The van der Waals surface area contributed by atoms with Crippen molar-refractivity contribution in [3.05, 3.63) is 12.7 Å². The third-order valence-electron chi connectivity index (χ3n) is 0.481. The number of carbonyl (C=O) groups is 2. The molecule has 0 heterocycles. The fraction of sp³-hybridized carbons (Fsp3) is 0.200. The normalized spacial score (nSPS) is 6.90. The van der Waals surface area contributed by atoms with Crippen molar-refractivity contribution in [2.75, 3.05) is 0 Å². The first-order chi connectivity index (χ1) is 4.16. The summed E-state index contributed by atoms with van der Waals surface area (Å²) >= 11 is 0. The number of carbonyl (C=O) groups excluding carboxylic acids is 2. The van der Waals surface area contributed by atoms with Crippen molar-refractivity contribution >= 4 is 41.4 Å². The molecule has 0 aromatic carbocycles. The van der Waals surface area contributed by atoms with Gasteiger partial charge in [0, 0.05) is 6.92 Å². The first-order valence-corrected chi connectivity index (χ1v) is 2.26. The number of hydrogen-bond acceptors (Lipinski definition) is 3. The van der Waals surface area contributed by atoms with Crippen LogP contribution in [0.3, 0.4) is 0 Å². The Bertz CT molecular complexity index is 146. The topological polar surface area (TPSA) is 55.4 Å². The van der Waals surface area contributed by atoms with Crippen molar-refractivity contribution < 1.29 is 14.4 Å². The molecule has 1 amide bonds. The Morgan fingerprint density at radius 3 is 2.40 bits per heavy atom. The van der Waals surface area contributed by atoms with Crippen LogP contribution in [0.5, 0.6) is 0 Å². The van der Waals surface area contributed by atoms with Gasteiger partial charge in [-0.05, 0) is 6.08 Å². The van der Waals surface area contributed by atoms with Gasteiger partial charge in [0.05, 0.1) is 0 Å². The quantitative estimate of drug-likeness (QED) is 0.302. The van der Waals surface area contributed by atoms with Gasteiger partial charge in [-0.15, -0.1) is 0 Å². The first-order valence-electron chi connectivity index (χ1n) is 2.26. The molecule has 10 heavy (non-hydrogen) atoms. The second-order valence-electron chi connectivity index (χ2n) is 1.26. The third-order valence-corrected chi connectivity index (χ3v) is 0.481. The predicted molar refractivity (Wildman–Crippen MR) is 37.3 cm³/mol. The van der Waals surface area contributed by atoms with E-state index in [1.807, 2.05) is 5.48 Å². The molecule has 0 aliphatic carbocycles. The average Bonchev–Trinajstić information content (AvgIpc) is 1.83. The number of rotatable bonds is 1. The number of hydrogen-bond donors (Lipinski definition) is 1. The van der Waals surface area contributed by atoms with Gasteiger partial charge in [0.2, 0.25) is 0 Å². The van der Waals surface area contributed by atoms with Crippen LogP contribution < -0.4 is 5.48 Å². The van der Waals surface area contributed by atoms with E-state index in [-0.39, 0.29) is 29.6 Å². The second kappa shape index (κ2) is 6.80. The zero-order chi connectivity index (χ0) is 7.28. The molecule has 4 nitrogen and oxygen atoms in total. The van der Waals surface area contributed by atoms with E-state index in [9.17, 15) is 9.59 Å². The Morgan fingerprint density at radius 2 is 2.10 bits per heavy atom. The fourth-order valence-electron chi connectivity index (χ4n) is 0.164. The summed E-state index contributed by atoms with van der Waals surface area (Å²) in [5.41, 5.74) is 1.83. The van der Waals surface area contributed by atoms with Crippen LogP contribution in [0.1, 0.15) is 6.92 Å². The molecule has 0 aromatic rings. The molecule has 0 spiro atoms. The molecule has 0 saturated carbocycles. The standard InChI is InChI=1S/C5H7NO3.Na.H/c1-3-5(8)6-9-4(2)7;;/h3H,1H2,2H3,(H,6,8);;. The molecule has 0 unspecified atom stereocenters. The first kappa shape index (κ1) is 12.4. The summed E-state index contributed by atoms with van der Waals surface area (Å²) in [6, 6.07) is 0. The monoisotopic (exact) mass is 153 g/mol. The molecule has 0 radical (unpaired) electrons. The van der Waals surface area contributed by atoms with Crippen LogP contribution in [-0.2, 0) is 14.4 Å². The number of amides is 1. The molecule has 0 aliphatic heterocycles. The summed E-state index contributed by atoms with van der Waals surface area (Å²) in [5.74, 6) is -1.10. The zero-order valence-electron chi connectivity index (χ0n) is 5.01. The minimum atomic E-state index is -0.565. The molecular formula is C5H8NNaO3. The van der Waals surface area contributed by atoms with Gasteiger partial charge < -0.3 is 4.84 Å². The van der Waals surface area contributed by atoms with Gasteiger partial charge in [0.1, 0.15) is 0 Å². The summed E-state index contributed by atoms with van der Waals surface area (Å²) in [4.78, 5) is 24.3. The van der Waals surface area contributed by atoms with Gasteiger partial charge in [0.15, 0.2) is 0 Å². The Hall–Kier alpha value is -0.320. The van der Waals surface area contributed by atoms with Gasteiger partial charge in [0.25, 0.3) is 5.91 Å². The molecule has 0 aliphatic rings. The van der Waals surface area contributed by atoms with Crippen molar-refractivity contribution in [2.45, 2.75) is 6.92 Å². The van der Waals surface area contributed by atoms with Gasteiger partial charge in [-0.2, -0.15) is 5.48 Å². The fourth-order valence-corrected chi connectivity index (χ4v) is 0.164. The van der Waals surface area contributed by atoms with Crippen LogP contribution >= 0.6 is 0 Å². The predicted octanol–water partition coefficient (Wildman–Crippen LogP) is -0.882. The SMILES string of the molecule is C=CC(=O)NOC(C)=O.[NaH]. The molecule has 0 atom stereocenters. The third kappa shape index (κ3) is 7.68. The van der Waals surface area contributed by atoms with Crippen LogP contribution in [0.4, 0.5) is 0 Å². The van der Waals surface area contributed by atoms with Gasteiger partial charge in [-0.25, -0.2) is 0 Å². The molecule has 1 N–H and O–H groups in total. The van der Waals surface area contributed by atoms with E-state index >= 15 is 0 Å². The van der Waals surface area contributed by atoms with Crippen LogP contribution in [0.2, 0.25) is 0 Å². The van der Waals surface area contributed by atoms with E-state index in [1.165, 1.54) is 6.92 Å². The molecule has 5 heteroatoms. The van der Waals surface area contributed by atoms with E-state index in [2.05, 4.69) is 11.4 Å². The molecule has 0 saturated heterocycles. The van der Waals surface area contributed by atoms with Crippen LogP contribution in [0.25, 0.3) is 0 Å². The van der Waals surface area contributed by atoms with Crippen LogP contribution in [0.15, 0.2) is 12.7 Å². The molecule has 0 rings (SSSR count). The second-order valence-corrected chi connectivity index (χ2v) is 1.26. The molecular weight excluding hydrogens is 145 g/mol. The van der Waals surface area contributed by atoms with Crippen molar-refractivity contribution in [2.24, 2.45) is 0 Å². The Kier molecular flexibility index (Phi) is 8.40. The number of nitrogens with one attached hydrogen (secondary N) is 1. The minimum absolute atomic E-state index is 0. The van der Waals surface area contributed by atoms with E-state index in [4.69, 9.17) is 0 Å². The zero-order valence-corrected chi connectivity index (χ0v) is 5.01. The summed E-state index contributed by atoms with van der Waals surface area (Å²) in [7, 11) is 0.